The number of halogens is 5. The van der Waals surface area contributed by atoms with Crippen LogP contribution in [-0.2, 0) is 10.0 Å². The smallest absolute Gasteiger partial charge is 0.390 e. The van der Waals surface area contributed by atoms with Gasteiger partial charge in [0, 0.05) is 37.1 Å². The lowest BCUT2D eigenvalue weighted by atomic mass is 10.1. The molecule has 1 atom stereocenters. The van der Waals surface area contributed by atoms with Crippen molar-refractivity contribution >= 4 is 21.7 Å². The van der Waals surface area contributed by atoms with E-state index in [0.29, 0.717) is 29.3 Å². The molecule has 0 unspecified atom stereocenters. The summed E-state index contributed by atoms with van der Waals surface area (Å²) in [5, 5.41) is 6.52. The number of nitrogens with zero attached hydrogens (tertiary/aromatic N) is 3. The minimum absolute atomic E-state index is 0.117. The monoisotopic (exact) mass is 558 g/mol. The molecule has 1 fully saturated rings. The zero-order valence-corrected chi connectivity index (χ0v) is 20.5. The van der Waals surface area contributed by atoms with Gasteiger partial charge in [-0.15, -0.1) is 0 Å². The maximum Gasteiger partial charge on any atom is 0.390 e. The molecule has 1 saturated heterocycles. The number of sulfonamides is 1. The Kier molecular flexibility index (Phi) is 8.26. The highest BCUT2D eigenvalue weighted by atomic mass is 32.2. The third kappa shape index (κ3) is 7.47. The van der Waals surface area contributed by atoms with Crippen molar-refractivity contribution in [2.24, 2.45) is 0 Å². The summed E-state index contributed by atoms with van der Waals surface area (Å²) >= 11 is 0. The molecule has 0 radical (unpaired) electrons. The highest BCUT2D eigenvalue weighted by molar-refractivity contribution is 7.92. The molecule has 38 heavy (non-hydrogen) atoms. The number of ether oxygens (including phenoxy) is 1. The predicted octanol–water partition coefficient (Wildman–Crippen LogP) is 4.47. The molecule has 0 bridgehead atoms. The number of benzene rings is 1. The second-order valence-electron chi connectivity index (χ2n) is 8.46. The summed E-state index contributed by atoms with van der Waals surface area (Å²) < 4.78 is 97.3. The highest BCUT2D eigenvalue weighted by Gasteiger charge is 2.30. The molecule has 3 N–H and O–H groups in total. The van der Waals surface area contributed by atoms with Crippen LogP contribution in [0.2, 0.25) is 0 Å². The van der Waals surface area contributed by atoms with E-state index in [9.17, 15) is 30.4 Å². The van der Waals surface area contributed by atoms with E-state index < -0.39 is 51.4 Å². The minimum Gasteiger partial charge on any atom is -0.435 e. The Morgan fingerprint density at radius 2 is 1.92 bits per heavy atom. The predicted molar refractivity (Wildman–Crippen MR) is 129 cm³/mol. The van der Waals surface area contributed by atoms with E-state index in [0.717, 1.165) is 25.9 Å². The minimum atomic E-state index is -4.73. The van der Waals surface area contributed by atoms with Crippen molar-refractivity contribution in [3.63, 3.8) is 0 Å². The molecule has 1 aliphatic heterocycles. The fourth-order valence-electron chi connectivity index (χ4n) is 3.66. The summed E-state index contributed by atoms with van der Waals surface area (Å²) in [6.45, 7) is 1.70. The second-order valence-corrected chi connectivity index (χ2v) is 10.3. The first-order valence-electron chi connectivity index (χ1n) is 11.5. The van der Waals surface area contributed by atoms with E-state index in [4.69, 9.17) is 4.74 Å². The van der Waals surface area contributed by atoms with E-state index in [1.165, 1.54) is 12.4 Å². The van der Waals surface area contributed by atoms with Gasteiger partial charge in [0.1, 0.15) is 0 Å². The molecule has 2 aromatic heterocycles. The van der Waals surface area contributed by atoms with Gasteiger partial charge in [0.25, 0.3) is 0 Å². The summed E-state index contributed by atoms with van der Waals surface area (Å²) in [5.41, 5.74) is -0.122. The van der Waals surface area contributed by atoms with Gasteiger partial charge in [0.2, 0.25) is 21.9 Å². The van der Waals surface area contributed by atoms with Crippen LogP contribution >= 0.6 is 0 Å². The van der Waals surface area contributed by atoms with Crippen molar-refractivity contribution in [2.45, 2.75) is 31.5 Å². The number of alkyl halides is 3. The lowest BCUT2D eigenvalue weighted by Crippen LogP contribution is -2.38. The average molecular weight is 559 g/mol. The Morgan fingerprint density at radius 1 is 1.11 bits per heavy atom. The molecule has 9 nitrogen and oxygen atoms in total. The first-order chi connectivity index (χ1) is 18.0. The number of hydrogen-bond donors (Lipinski definition) is 3. The van der Waals surface area contributed by atoms with Crippen LogP contribution in [0.3, 0.4) is 0 Å². The summed E-state index contributed by atoms with van der Waals surface area (Å²) in [6, 6.07) is 5.97. The first-order valence-corrected chi connectivity index (χ1v) is 13.1. The molecule has 3 heterocycles. The molecular weight excluding hydrogens is 535 g/mol. The Balaban J connectivity index is 1.53. The maximum atomic E-state index is 14.7. The summed E-state index contributed by atoms with van der Waals surface area (Å²) in [7, 11) is -4.59. The van der Waals surface area contributed by atoms with E-state index in [-0.39, 0.29) is 11.9 Å². The Bertz CT molecular complexity index is 1380. The second kappa shape index (κ2) is 11.4. The number of rotatable bonds is 9. The summed E-state index contributed by atoms with van der Waals surface area (Å²) in [4.78, 5) is 12.8. The van der Waals surface area contributed by atoms with Crippen molar-refractivity contribution in [3.05, 3.63) is 54.4 Å². The van der Waals surface area contributed by atoms with Crippen LogP contribution < -0.4 is 20.1 Å². The molecule has 204 valence electrons. The molecule has 4 rings (SSSR count). The van der Waals surface area contributed by atoms with Crippen molar-refractivity contribution in [3.8, 4) is 22.9 Å². The third-order valence-electron chi connectivity index (χ3n) is 5.48. The zero-order valence-electron chi connectivity index (χ0n) is 19.7. The van der Waals surface area contributed by atoms with Crippen molar-refractivity contribution < 1.29 is 35.1 Å². The third-order valence-corrected chi connectivity index (χ3v) is 6.75. The zero-order chi connectivity index (χ0) is 27.3. The molecule has 1 aliphatic rings. The van der Waals surface area contributed by atoms with Gasteiger partial charge in [0.05, 0.1) is 29.1 Å². The van der Waals surface area contributed by atoms with E-state index in [1.54, 1.807) is 22.9 Å². The van der Waals surface area contributed by atoms with Crippen molar-refractivity contribution in [1.29, 1.82) is 0 Å². The fourth-order valence-corrected chi connectivity index (χ4v) is 4.75. The number of pyridine rings is 1. The maximum absolute atomic E-state index is 14.7. The van der Waals surface area contributed by atoms with E-state index in [1.807, 2.05) is 0 Å². The quantitative estimate of drug-likeness (QED) is 0.330. The van der Waals surface area contributed by atoms with Gasteiger partial charge in [-0.05, 0) is 37.6 Å². The van der Waals surface area contributed by atoms with Crippen LogP contribution in [0.5, 0.6) is 11.6 Å². The number of anilines is 2. The molecule has 15 heteroatoms. The summed E-state index contributed by atoms with van der Waals surface area (Å²) in [6.07, 6.45) is -1.53. The van der Waals surface area contributed by atoms with Crippen molar-refractivity contribution in [1.82, 2.24) is 20.3 Å². The van der Waals surface area contributed by atoms with Gasteiger partial charge in [-0.2, -0.15) is 13.2 Å². The van der Waals surface area contributed by atoms with E-state index >= 15 is 0 Å². The van der Waals surface area contributed by atoms with Crippen LogP contribution in [0.15, 0.2) is 42.7 Å². The molecule has 0 amide bonds. The normalized spacial score (nSPS) is 16.2. The van der Waals surface area contributed by atoms with Crippen LogP contribution in [0.4, 0.5) is 33.6 Å². The van der Waals surface area contributed by atoms with Crippen LogP contribution in [0.25, 0.3) is 11.3 Å². The molecule has 0 aliphatic carbocycles. The first kappa shape index (κ1) is 27.4. The van der Waals surface area contributed by atoms with Gasteiger partial charge in [0.15, 0.2) is 17.4 Å². The molecule has 0 saturated carbocycles. The number of hydrogen-bond acceptors (Lipinski definition) is 8. The topological polar surface area (TPSA) is 118 Å². The van der Waals surface area contributed by atoms with Gasteiger partial charge < -0.3 is 15.4 Å². The number of aromatic nitrogens is 3. The Hall–Kier alpha value is -3.59. The summed E-state index contributed by atoms with van der Waals surface area (Å²) in [5.74, 6) is -4.16. The van der Waals surface area contributed by atoms with Gasteiger partial charge in [-0.3, -0.25) is 4.72 Å². The average Bonchev–Trinajstić information content (AvgIpc) is 2.86. The van der Waals surface area contributed by atoms with Crippen LogP contribution in [0.1, 0.15) is 19.3 Å². The number of piperidine rings is 1. The lowest BCUT2D eigenvalue weighted by Gasteiger charge is -2.23. The van der Waals surface area contributed by atoms with Gasteiger partial charge in [-0.1, -0.05) is 0 Å². The Labute approximate surface area is 214 Å². The number of nitrogens with one attached hydrogen (secondary N) is 3. The largest absolute Gasteiger partial charge is 0.435 e. The Morgan fingerprint density at radius 3 is 2.66 bits per heavy atom. The van der Waals surface area contributed by atoms with Crippen molar-refractivity contribution in [2.75, 3.05) is 28.9 Å². The van der Waals surface area contributed by atoms with E-state index in [2.05, 4.69) is 25.6 Å². The van der Waals surface area contributed by atoms with Crippen LogP contribution in [-0.4, -0.2) is 54.4 Å². The standard InChI is InChI=1S/C23H23F5N6O3S/c24-16-12-20(17(25)11-19(16)34-38(35,36)10-6-23(26,27)28)37-21-15(4-2-8-30-21)18-5-9-31-22(33-18)32-14-3-1-7-29-13-14/h2,4-5,8-9,11-12,14,29,34H,1,3,6-7,10,13H2,(H,31,32,33)/t14-/m0/s1. The van der Waals surface area contributed by atoms with Crippen LogP contribution in [0, 0.1) is 11.6 Å². The molecule has 3 aromatic rings. The molecule has 1 aromatic carbocycles. The molecular formula is C23H23F5N6O3S. The fraction of sp³-hybridized carbons (Fsp3) is 0.348. The molecule has 0 spiro atoms. The van der Waals surface area contributed by atoms with Gasteiger partial charge >= 0.3 is 6.18 Å². The van der Waals surface area contributed by atoms with Gasteiger partial charge in [-0.25, -0.2) is 32.2 Å². The highest BCUT2D eigenvalue weighted by Crippen LogP contribution is 2.34. The lowest BCUT2D eigenvalue weighted by molar-refractivity contribution is -0.129. The SMILES string of the molecule is O=S(=O)(CCC(F)(F)F)Nc1cc(F)c(Oc2ncccc2-c2ccnc(N[C@H]3CCCNC3)n2)cc1F.